The molecule has 0 amide bonds. The van der Waals surface area contributed by atoms with Gasteiger partial charge in [-0.15, -0.1) is 0 Å². The van der Waals surface area contributed by atoms with Gasteiger partial charge in [0, 0.05) is 6.07 Å². The van der Waals surface area contributed by atoms with Crippen LogP contribution in [-0.2, 0) is 4.57 Å². The Balaban J connectivity index is 2.41. The second-order valence-electron chi connectivity index (χ2n) is 3.67. The van der Waals surface area contributed by atoms with E-state index in [0.29, 0.717) is 16.8 Å². The summed E-state index contributed by atoms with van der Waals surface area (Å²) in [7, 11) is 1.50. The first kappa shape index (κ1) is 12.6. The van der Waals surface area contributed by atoms with Crippen molar-refractivity contribution in [1.29, 1.82) is 0 Å². The molecule has 0 aromatic heterocycles. The van der Waals surface area contributed by atoms with Crippen LogP contribution >= 0.6 is 7.80 Å². The highest BCUT2D eigenvalue weighted by atomic mass is 31.1. The first-order valence-electron chi connectivity index (χ1n) is 5.50. The fourth-order valence-corrected chi connectivity index (χ4v) is 3.01. The molecule has 0 aliphatic heterocycles. The maximum absolute atomic E-state index is 12.5. The van der Waals surface area contributed by atoms with Gasteiger partial charge >= 0.3 is 7.80 Å². The van der Waals surface area contributed by atoms with Crippen LogP contribution in [0.3, 0.4) is 0 Å². The molecule has 0 heterocycles. The third-order valence-corrected chi connectivity index (χ3v) is 4.15. The topological polar surface area (TPSA) is 35.5 Å². The van der Waals surface area contributed by atoms with Crippen LogP contribution in [0.15, 0.2) is 48.5 Å². The molecule has 18 heavy (non-hydrogen) atoms. The number of methoxy groups -OCH3 is 2. The summed E-state index contributed by atoms with van der Waals surface area (Å²) in [5.74, 6) is 1.34. The Hall–Kier alpha value is -1.86. The summed E-state index contributed by atoms with van der Waals surface area (Å²) in [6.45, 7) is 0. The lowest BCUT2D eigenvalue weighted by Crippen LogP contribution is -2.09. The largest absolute Gasteiger partial charge is 0.497 e. The normalized spacial score (nSPS) is 10.9. The molecule has 0 saturated heterocycles. The van der Waals surface area contributed by atoms with Crippen LogP contribution < -0.4 is 20.1 Å². The Morgan fingerprint density at radius 2 is 1.72 bits per heavy atom. The zero-order chi connectivity index (χ0) is 13.0. The van der Waals surface area contributed by atoms with E-state index in [1.807, 2.05) is 42.5 Å². The van der Waals surface area contributed by atoms with E-state index in [1.54, 1.807) is 20.3 Å². The minimum absolute atomic E-state index is 0.640. The monoisotopic (exact) mass is 261 g/mol. The molecule has 92 valence electrons. The summed E-state index contributed by atoms with van der Waals surface area (Å²) < 4.78 is 22.9. The molecule has 0 N–H and O–H groups in total. The average molecular weight is 261 g/mol. The number of ether oxygens (including phenoxy) is 2. The molecule has 2 aromatic carbocycles. The maximum atomic E-state index is 12.5. The van der Waals surface area contributed by atoms with Crippen molar-refractivity contribution in [2.24, 2.45) is 0 Å². The summed E-state index contributed by atoms with van der Waals surface area (Å²) >= 11 is 0. The molecule has 0 spiro atoms. The maximum Gasteiger partial charge on any atom is 0.419 e. The van der Waals surface area contributed by atoms with Crippen LogP contribution in [0, 0.1) is 0 Å². The molecule has 2 rings (SSSR count). The molecule has 0 aliphatic rings. The molecule has 0 aliphatic carbocycles. The van der Waals surface area contributed by atoms with Crippen LogP contribution in [0.25, 0.3) is 0 Å². The number of para-hydroxylation sites is 1. The van der Waals surface area contributed by atoms with Gasteiger partial charge in [-0.1, -0.05) is 22.8 Å². The highest BCUT2D eigenvalue weighted by Crippen LogP contribution is 2.26. The molecular weight excluding hydrogens is 247 g/mol. The molecule has 1 atom stereocenters. The lowest BCUT2D eigenvalue weighted by molar-refractivity contribution is 0.415. The van der Waals surface area contributed by atoms with Crippen molar-refractivity contribution in [3.8, 4) is 11.5 Å². The van der Waals surface area contributed by atoms with Crippen LogP contribution in [-0.4, -0.2) is 14.2 Å². The van der Waals surface area contributed by atoms with Crippen molar-refractivity contribution in [2.75, 3.05) is 14.2 Å². The summed E-state index contributed by atoms with van der Waals surface area (Å²) in [5.41, 5.74) is 0. The molecule has 3 nitrogen and oxygen atoms in total. The van der Waals surface area contributed by atoms with E-state index in [2.05, 4.69) is 0 Å². The molecule has 0 saturated carbocycles. The molecular formula is C14H14O3P+. The Morgan fingerprint density at radius 1 is 0.944 bits per heavy atom. The molecule has 0 bridgehead atoms. The Kier molecular flexibility index (Phi) is 3.96. The van der Waals surface area contributed by atoms with Crippen molar-refractivity contribution < 1.29 is 14.0 Å². The summed E-state index contributed by atoms with van der Waals surface area (Å²) in [6, 6.07) is 14.6. The third-order valence-electron chi connectivity index (χ3n) is 2.59. The van der Waals surface area contributed by atoms with E-state index >= 15 is 0 Å². The number of benzene rings is 2. The lowest BCUT2D eigenvalue weighted by atomic mass is 10.3. The van der Waals surface area contributed by atoms with Gasteiger partial charge in [0.25, 0.3) is 0 Å². The summed E-state index contributed by atoms with van der Waals surface area (Å²) in [6.07, 6.45) is 0. The smallest absolute Gasteiger partial charge is 0.419 e. The SMILES string of the molecule is COc1cccc([P+](=O)c2ccccc2OC)c1. The van der Waals surface area contributed by atoms with Gasteiger partial charge in [-0.2, -0.15) is 0 Å². The molecule has 4 heteroatoms. The fourth-order valence-electron chi connectivity index (χ4n) is 1.67. The van der Waals surface area contributed by atoms with Crippen molar-refractivity contribution in [3.05, 3.63) is 48.5 Å². The van der Waals surface area contributed by atoms with Gasteiger partial charge in [0.05, 0.1) is 14.2 Å². The average Bonchev–Trinajstić information content (AvgIpc) is 2.46. The van der Waals surface area contributed by atoms with E-state index in [4.69, 9.17) is 9.47 Å². The molecule has 1 unspecified atom stereocenters. The van der Waals surface area contributed by atoms with E-state index < -0.39 is 7.80 Å². The Bertz CT molecular complexity index is 566. The molecule has 0 fully saturated rings. The first-order valence-corrected chi connectivity index (χ1v) is 6.76. The van der Waals surface area contributed by atoms with Crippen molar-refractivity contribution in [2.45, 2.75) is 0 Å². The van der Waals surface area contributed by atoms with E-state index in [0.717, 1.165) is 5.30 Å². The standard InChI is InChI=1S/C14H14O3P/c1-16-11-6-5-7-12(10-11)18(15)14-9-4-3-8-13(14)17-2/h3-10H,1-2H3/q+1. The highest BCUT2D eigenvalue weighted by molar-refractivity contribution is 7.61. The highest BCUT2D eigenvalue weighted by Gasteiger charge is 2.27. The van der Waals surface area contributed by atoms with Gasteiger partial charge < -0.3 is 9.47 Å². The minimum Gasteiger partial charge on any atom is -0.497 e. The van der Waals surface area contributed by atoms with Gasteiger partial charge in [0.2, 0.25) is 5.30 Å². The second-order valence-corrected chi connectivity index (χ2v) is 5.25. The number of hydrogen-bond acceptors (Lipinski definition) is 3. The summed E-state index contributed by atoms with van der Waals surface area (Å²) in [4.78, 5) is 0. The van der Waals surface area contributed by atoms with Crippen molar-refractivity contribution in [1.82, 2.24) is 0 Å². The first-order chi connectivity index (χ1) is 8.76. The Morgan fingerprint density at radius 3 is 2.44 bits per heavy atom. The van der Waals surface area contributed by atoms with E-state index in [1.165, 1.54) is 0 Å². The Labute approximate surface area is 107 Å². The van der Waals surface area contributed by atoms with Crippen LogP contribution in [0.2, 0.25) is 0 Å². The zero-order valence-corrected chi connectivity index (χ0v) is 11.2. The number of hydrogen-bond donors (Lipinski definition) is 0. The minimum atomic E-state index is -1.67. The fraction of sp³-hybridized carbons (Fsp3) is 0.143. The van der Waals surface area contributed by atoms with Gasteiger partial charge in [0.1, 0.15) is 5.75 Å². The van der Waals surface area contributed by atoms with Crippen molar-refractivity contribution >= 4 is 18.4 Å². The van der Waals surface area contributed by atoms with E-state index in [-0.39, 0.29) is 0 Å². The quantitative estimate of drug-likeness (QED) is 0.793. The van der Waals surface area contributed by atoms with Gasteiger partial charge in [-0.3, -0.25) is 0 Å². The van der Waals surface area contributed by atoms with Gasteiger partial charge in [0.15, 0.2) is 11.1 Å². The molecule has 0 radical (unpaired) electrons. The summed E-state index contributed by atoms with van der Waals surface area (Å²) in [5, 5.41) is 1.43. The third kappa shape index (κ3) is 2.52. The zero-order valence-electron chi connectivity index (χ0n) is 10.3. The van der Waals surface area contributed by atoms with Crippen LogP contribution in [0.5, 0.6) is 11.5 Å². The number of rotatable bonds is 4. The van der Waals surface area contributed by atoms with Crippen LogP contribution in [0.4, 0.5) is 0 Å². The van der Waals surface area contributed by atoms with Crippen molar-refractivity contribution in [3.63, 3.8) is 0 Å². The molecule has 2 aromatic rings. The predicted molar refractivity (Wildman–Crippen MR) is 72.9 cm³/mol. The van der Waals surface area contributed by atoms with E-state index in [9.17, 15) is 4.57 Å². The predicted octanol–water partition coefficient (Wildman–Crippen LogP) is 2.48. The van der Waals surface area contributed by atoms with Gasteiger partial charge in [-0.25, -0.2) is 0 Å². The lowest BCUT2D eigenvalue weighted by Gasteiger charge is -2.00. The van der Waals surface area contributed by atoms with Gasteiger partial charge in [-0.05, 0) is 24.3 Å². The van der Waals surface area contributed by atoms with Crippen LogP contribution in [0.1, 0.15) is 0 Å². The second kappa shape index (κ2) is 5.65.